The van der Waals surface area contributed by atoms with E-state index in [2.05, 4.69) is 6.92 Å². The summed E-state index contributed by atoms with van der Waals surface area (Å²) in [5.41, 5.74) is 0. The molecular formula is C19H40O4S. The maximum absolute atomic E-state index is 11.1. The van der Waals surface area contributed by atoms with E-state index < -0.39 is 15.4 Å². The Hall–Kier alpha value is -0.130. The molecule has 0 aliphatic heterocycles. The van der Waals surface area contributed by atoms with Gasteiger partial charge in [0.2, 0.25) is 0 Å². The highest BCUT2D eigenvalue weighted by Crippen LogP contribution is 2.16. The minimum absolute atomic E-state index is 0.214. The lowest BCUT2D eigenvalue weighted by atomic mass is 10.0. The van der Waals surface area contributed by atoms with E-state index >= 15 is 0 Å². The second-order valence-corrected chi connectivity index (χ2v) is 8.80. The van der Waals surface area contributed by atoms with Gasteiger partial charge in [-0.25, -0.2) is 0 Å². The third-order valence-electron chi connectivity index (χ3n) is 4.83. The highest BCUT2D eigenvalue weighted by Gasteiger charge is 2.19. The van der Waals surface area contributed by atoms with E-state index in [1.54, 1.807) is 6.92 Å². The fourth-order valence-corrected chi connectivity index (χ4v) is 4.04. The van der Waals surface area contributed by atoms with Crippen LogP contribution in [0.3, 0.4) is 0 Å². The van der Waals surface area contributed by atoms with E-state index in [1.807, 2.05) is 0 Å². The summed E-state index contributed by atoms with van der Waals surface area (Å²) in [6.45, 7) is 4.02. The number of hydrogen-bond donors (Lipinski definition) is 2. The number of rotatable bonds is 17. The lowest BCUT2D eigenvalue weighted by Gasteiger charge is -2.12. The summed E-state index contributed by atoms with van der Waals surface area (Å²) in [6.07, 6.45) is 15.4. The second-order valence-electron chi connectivity index (χ2n) is 7.10. The summed E-state index contributed by atoms with van der Waals surface area (Å²) in [4.78, 5) is 0. The summed E-state index contributed by atoms with van der Waals surface area (Å²) in [7, 11) is -3.89. The SMILES string of the molecule is CCCCCCCCCCC(O)CCCCCC(CC)S(=O)(=O)O. The molecule has 0 rings (SSSR count). The molecule has 0 aromatic carbocycles. The van der Waals surface area contributed by atoms with Gasteiger partial charge in [-0.1, -0.05) is 84.5 Å². The zero-order chi connectivity index (χ0) is 18.3. The summed E-state index contributed by atoms with van der Waals surface area (Å²) in [5, 5.41) is 9.34. The Morgan fingerprint density at radius 2 is 1.12 bits per heavy atom. The van der Waals surface area contributed by atoms with Crippen molar-refractivity contribution in [1.82, 2.24) is 0 Å². The summed E-state index contributed by atoms with van der Waals surface area (Å²) >= 11 is 0. The average Bonchev–Trinajstić information content (AvgIpc) is 2.52. The molecule has 0 aromatic heterocycles. The summed E-state index contributed by atoms with van der Waals surface area (Å²) < 4.78 is 31.2. The van der Waals surface area contributed by atoms with Crippen LogP contribution in [0.5, 0.6) is 0 Å². The molecule has 0 aliphatic rings. The van der Waals surface area contributed by atoms with Crippen molar-refractivity contribution in [3.8, 4) is 0 Å². The van der Waals surface area contributed by atoms with Gasteiger partial charge in [0.15, 0.2) is 0 Å². The van der Waals surface area contributed by atoms with Crippen LogP contribution in [0.25, 0.3) is 0 Å². The minimum atomic E-state index is -3.89. The van der Waals surface area contributed by atoms with E-state index in [4.69, 9.17) is 4.55 Å². The fourth-order valence-electron chi connectivity index (χ4n) is 3.15. The standard InChI is InChI=1S/C19H40O4S/c1-3-5-6-7-8-9-10-12-15-18(20)16-13-11-14-17-19(4-2)24(21,22)23/h18-20H,3-17H2,1-2H3,(H,21,22,23). The molecular weight excluding hydrogens is 324 g/mol. The second kappa shape index (κ2) is 15.2. The Kier molecular flexibility index (Phi) is 15.1. The summed E-state index contributed by atoms with van der Waals surface area (Å²) in [5.74, 6) is 0. The van der Waals surface area contributed by atoms with Gasteiger partial charge in [0.25, 0.3) is 10.1 Å². The van der Waals surface area contributed by atoms with Crippen molar-refractivity contribution in [2.24, 2.45) is 0 Å². The average molecular weight is 365 g/mol. The van der Waals surface area contributed by atoms with Crippen LogP contribution in [0.1, 0.15) is 110 Å². The maximum Gasteiger partial charge on any atom is 0.267 e. The number of aliphatic hydroxyl groups is 1. The molecule has 0 radical (unpaired) electrons. The van der Waals surface area contributed by atoms with E-state index in [-0.39, 0.29) is 6.10 Å². The first kappa shape index (κ1) is 23.9. The quantitative estimate of drug-likeness (QED) is 0.264. The fraction of sp³-hybridized carbons (Fsp3) is 1.00. The molecule has 0 spiro atoms. The van der Waals surface area contributed by atoms with Crippen molar-refractivity contribution in [1.29, 1.82) is 0 Å². The van der Waals surface area contributed by atoms with E-state index in [0.717, 1.165) is 38.5 Å². The molecule has 0 saturated heterocycles. The monoisotopic (exact) mass is 364 g/mol. The molecule has 0 saturated carbocycles. The zero-order valence-corrected chi connectivity index (χ0v) is 16.7. The van der Waals surface area contributed by atoms with Gasteiger partial charge in [0.05, 0.1) is 11.4 Å². The molecule has 5 heteroatoms. The van der Waals surface area contributed by atoms with E-state index in [0.29, 0.717) is 12.8 Å². The Morgan fingerprint density at radius 1 is 0.708 bits per heavy atom. The maximum atomic E-state index is 11.1. The van der Waals surface area contributed by atoms with Gasteiger partial charge >= 0.3 is 0 Å². The van der Waals surface area contributed by atoms with Gasteiger partial charge < -0.3 is 5.11 Å². The topological polar surface area (TPSA) is 74.6 Å². The first-order valence-electron chi connectivity index (χ1n) is 10.1. The van der Waals surface area contributed by atoms with Crippen LogP contribution in [0.2, 0.25) is 0 Å². The van der Waals surface area contributed by atoms with Crippen LogP contribution in [0.4, 0.5) is 0 Å². The molecule has 0 bridgehead atoms. The summed E-state index contributed by atoms with van der Waals surface area (Å²) in [6, 6.07) is 0. The zero-order valence-electron chi connectivity index (χ0n) is 15.9. The molecule has 0 amide bonds. The van der Waals surface area contributed by atoms with Gasteiger partial charge in [-0.3, -0.25) is 4.55 Å². The van der Waals surface area contributed by atoms with Gasteiger partial charge in [-0.05, 0) is 25.7 Å². The third kappa shape index (κ3) is 14.2. The Morgan fingerprint density at radius 3 is 1.58 bits per heavy atom. The van der Waals surface area contributed by atoms with Crippen molar-refractivity contribution >= 4 is 10.1 Å². The number of hydrogen-bond acceptors (Lipinski definition) is 3. The lowest BCUT2D eigenvalue weighted by Crippen LogP contribution is -2.19. The van der Waals surface area contributed by atoms with Gasteiger partial charge in [-0.2, -0.15) is 8.42 Å². The van der Waals surface area contributed by atoms with E-state index in [1.165, 1.54) is 44.9 Å². The molecule has 146 valence electrons. The molecule has 2 unspecified atom stereocenters. The molecule has 0 aromatic rings. The molecule has 0 fully saturated rings. The van der Waals surface area contributed by atoms with Crippen LogP contribution in [0.15, 0.2) is 0 Å². The molecule has 0 heterocycles. The van der Waals surface area contributed by atoms with Crippen molar-refractivity contribution in [2.45, 2.75) is 122 Å². The van der Waals surface area contributed by atoms with Crippen molar-refractivity contribution < 1.29 is 18.1 Å². The molecule has 2 N–H and O–H groups in total. The molecule has 4 nitrogen and oxygen atoms in total. The largest absolute Gasteiger partial charge is 0.393 e. The van der Waals surface area contributed by atoms with Crippen LogP contribution < -0.4 is 0 Å². The Bertz CT molecular complexity index is 368. The number of unbranched alkanes of at least 4 members (excludes halogenated alkanes) is 9. The van der Waals surface area contributed by atoms with Gasteiger partial charge in [-0.15, -0.1) is 0 Å². The minimum Gasteiger partial charge on any atom is -0.393 e. The van der Waals surface area contributed by atoms with Crippen LogP contribution in [0, 0.1) is 0 Å². The van der Waals surface area contributed by atoms with E-state index in [9.17, 15) is 13.5 Å². The number of aliphatic hydroxyl groups excluding tert-OH is 1. The van der Waals surface area contributed by atoms with Crippen LogP contribution in [-0.2, 0) is 10.1 Å². The Balaban J connectivity index is 3.45. The van der Waals surface area contributed by atoms with Crippen LogP contribution >= 0.6 is 0 Å². The predicted octanol–water partition coefficient (Wildman–Crippen LogP) is 5.50. The van der Waals surface area contributed by atoms with Gasteiger partial charge in [0.1, 0.15) is 0 Å². The Labute approximate surface area is 150 Å². The first-order chi connectivity index (χ1) is 11.4. The third-order valence-corrected chi connectivity index (χ3v) is 6.24. The van der Waals surface area contributed by atoms with Gasteiger partial charge in [0, 0.05) is 0 Å². The predicted molar refractivity (Wildman–Crippen MR) is 102 cm³/mol. The van der Waals surface area contributed by atoms with Crippen molar-refractivity contribution in [3.63, 3.8) is 0 Å². The molecule has 24 heavy (non-hydrogen) atoms. The smallest absolute Gasteiger partial charge is 0.267 e. The highest BCUT2D eigenvalue weighted by atomic mass is 32.2. The molecule has 0 aliphatic carbocycles. The normalized spacial score (nSPS) is 14.7. The van der Waals surface area contributed by atoms with Crippen molar-refractivity contribution in [3.05, 3.63) is 0 Å². The lowest BCUT2D eigenvalue weighted by molar-refractivity contribution is 0.147. The van der Waals surface area contributed by atoms with Crippen LogP contribution in [-0.4, -0.2) is 29.4 Å². The van der Waals surface area contributed by atoms with Crippen molar-refractivity contribution in [2.75, 3.05) is 0 Å². The molecule has 2 atom stereocenters. The highest BCUT2D eigenvalue weighted by molar-refractivity contribution is 7.86. The first-order valence-corrected chi connectivity index (χ1v) is 11.6.